The smallest absolute Gasteiger partial charge is 0.316 e. The molecule has 0 N–H and O–H groups in total. The first kappa shape index (κ1) is 15.5. The molecule has 1 aliphatic heterocycles. The van der Waals surface area contributed by atoms with E-state index in [0.717, 1.165) is 16.1 Å². The highest BCUT2D eigenvalue weighted by Gasteiger charge is 2.27. The molecule has 0 spiro atoms. The maximum Gasteiger partial charge on any atom is 0.316 e. The Morgan fingerprint density at radius 1 is 1.43 bits per heavy atom. The Hall–Kier alpha value is -2.35. The van der Waals surface area contributed by atoms with E-state index in [1.165, 1.54) is 16.7 Å². The summed E-state index contributed by atoms with van der Waals surface area (Å²) in [5, 5.41) is 3.80. The van der Waals surface area contributed by atoms with Crippen LogP contribution >= 0.6 is 11.8 Å². The number of aryl methyl sites for hydroxylation is 1. The average molecular weight is 332 g/mol. The zero-order valence-corrected chi connectivity index (χ0v) is 13.9. The van der Waals surface area contributed by atoms with Crippen molar-refractivity contribution in [2.24, 2.45) is 0 Å². The normalized spacial score (nSPS) is 13.9. The number of rotatable bonds is 3. The van der Waals surface area contributed by atoms with Crippen molar-refractivity contribution in [3.8, 4) is 0 Å². The molecule has 0 saturated carbocycles. The first-order chi connectivity index (χ1) is 11.0. The maximum atomic E-state index is 12.2. The van der Waals surface area contributed by atoms with Gasteiger partial charge in [0.1, 0.15) is 0 Å². The Morgan fingerprint density at radius 3 is 2.96 bits per heavy atom. The highest BCUT2D eigenvalue weighted by Crippen LogP contribution is 2.36. The molecular weight excluding hydrogens is 316 g/mol. The lowest BCUT2D eigenvalue weighted by Crippen LogP contribution is -2.35. The van der Waals surface area contributed by atoms with E-state index in [4.69, 9.17) is 4.52 Å². The van der Waals surface area contributed by atoms with E-state index >= 15 is 0 Å². The molecule has 2 aromatic rings. The molecule has 0 radical (unpaired) electrons. The van der Waals surface area contributed by atoms with Crippen LogP contribution in [0.15, 0.2) is 27.6 Å². The van der Waals surface area contributed by atoms with Crippen LogP contribution in [0.1, 0.15) is 22.1 Å². The topological polar surface area (TPSA) is 79.5 Å². The Morgan fingerprint density at radius 2 is 2.22 bits per heavy atom. The molecule has 23 heavy (non-hydrogen) atoms. The molecule has 1 aromatic heterocycles. The van der Waals surface area contributed by atoms with Crippen LogP contribution in [0.4, 0.5) is 5.69 Å². The number of aromatic nitrogens is 2. The molecule has 0 fully saturated rings. The lowest BCUT2D eigenvalue weighted by atomic mass is 10.2. The molecular formula is C15H16N4O3S. The molecule has 0 saturated heterocycles. The number of nitrogens with zero attached hydrogens (tertiary/aromatic N) is 4. The molecule has 0 atom stereocenters. The van der Waals surface area contributed by atoms with Crippen molar-refractivity contribution in [1.29, 1.82) is 0 Å². The summed E-state index contributed by atoms with van der Waals surface area (Å²) in [6, 6.07) is 5.93. The molecule has 120 valence electrons. The highest BCUT2D eigenvalue weighted by molar-refractivity contribution is 8.00. The number of hydrogen-bond donors (Lipinski definition) is 0. The fraction of sp³-hybridized carbons (Fsp3) is 0.333. The second kappa shape index (κ2) is 6.04. The molecule has 2 amide bonds. The van der Waals surface area contributed by atoms with E-state index in [1.54, 1.807) is 19.0 Å². The predicted octanol–water partition coefficient (Wildman–Crippen LogP) is 1.72. The minimum atomic E-state index is -0.361. The summed E-state index contributed by atoms with van der Waals surface area (Å²) >= 11 is 1.52. The van der Waals surface area contributed by atoms with Crippen LogP contribution in [0.2, 0.25) is 0 Å². The fourth-order valence-corrected chi connectivity index (χ4v) is 3.25. The largest absolute Gasteiger partial charge is 0.341 e. The first-order valence-electron chi connectivity index (χ1n) is 7.04. The highest BCUT2D eigenvalue weighted by atomic mass is 32.2. The van der Waals surface area contributed by atoms with E-state index in [9.17, 15) is 9.59 Å². The molecule has 1 aliphatic rings. The second-order valence-electron chi connectivity index (χ2n) is 5.46. The third kappa shape index (κ3) is 3.07. The number of amides is 2. The van der Waals surface area contributed by atoms with Gasteiger partial charge in [0.2, 0.25) is 5.91 Å². The van der Waals surface area contributed by atoms with Gasteiger partial charge in [0, 0.05) is 19.0 Å². The zero-order valence-electron chi connectivity index (χ0n) is 13.1. The standard InChI is InChI=1S/C15H16N4O3S/c1-9-4-5-10-11(6-9)23-8-13(20)19(10)7-12-16-14(22-17-12)15(21)18(2)3/h4-6H,7-8H2,1-3H3. The minimum Gasteiger partial charge on any atom is -0.341 e. The number of fused-ring (bicyclic) bond motifs is 1. The quantitative estimate of drug-likeness (QED) is 0.851. The predicted molar refractivity (Wildman–Crippen MR) is 85.4 cm³/mol. The van der Waals surface area contributed by atoms with Crippen molar-refractivity contribution in [3.63, 3.8) is 0 Å². The van der Waals surface area contributed by atoms with Gasteiger partial charge in [0.25, 0.3) is 0 Å². The van der Waals surface area contributed by atoms with E-state index in [1.807, 2.05) is 19.1 Å². The molecule has 0 unspecified atom stereocenters. The summed E-state index contributed by atoms with van der Waals surface area (Å²) in [6.45, 7) is 2.19. The van der Waals surface area contributed by atoms with Gasteiger partial charge in [-0.1, -0.05) is 11.2 Å². The van der Waals surface area contributed by atoms with Gasteiger partial charge in [0.05, 0.1) is 18.0 Å². The van der Waals surface area contributed by atoms with E-state index in [0.29, 0.717) is 11.6 Å². The summed E-state index contributed by atoms with van der Waals surface area (Å²) in [5.41, 5.74) is 1.98. The molecule has 2 heterocycles. The lowest BCUT2D eigenvalue weighted by molar-refractivity contribution is -0.116. The maximum absolute atomic E-state index is 12.2. The van der Waals surface area contributed by atoms with E-state index in [-0.39, 0.29) is 24.2 Å². The van der Waals surface area contributed by atoms with Gasteiger partial charge in [-0.05, 0) is 24.6 Å². The van der Waals surface area contributed by atoms with Crippen LogP contribution < -0.4 is 4.90 Å². The van der Waals surface area contributed by atoms with Gasteiger partial charge < -0.3 is 14.3 Å². The summed E-state index contributed by atoms with van der Waals surface area (Å²) < 4.78 is 4.98. The molecule has 8 heteroatoms. The fourth-order valence-electron chi connectivity index (χ4n) is 2.22. The van der Waals surface area contributed by atoms with Crippen LogP contribution in [0.25, 0.3) is 0 Å². The van der Waals surface area contributed by atoms with Gasteiger partial charge in [-0.2, -0.15) is 4.98 Å². The van der Waals surface area contributed by atoms with Crippen LogP contribution in [-0.4, -0.2) is 46.7 Å². The lowest BCUT2D eigenvalue weighted by Gasteiger charge is -2.28. The summed E-state index contributed by atoms with van der Waals surface area (Å²) in [4.78, 5) is 32.2. The van der Waals surface area contributed by atoms with Gasteiger partial charge in [-0.25, -0.2) is 0 Å². The summed E-state index contributed by atoms with van der Waals surface area (Å²) in [7, 11) is 3.21. The van der Waals surface area contributed by atoms with E-state index in [2.05, 4.69) is 16.2 Å². The van der Waals surface area contributed by atoms with Crippen molar-refractivity contribution in [2.75, 3.05) is 24.7 Å². The zero-order chi connectivity index (χ0) is 16.6. The number of anilines is 1. The molecule has 0 aliphatic carbocycles. The van der Waals surface area contributed by atoms with Crippen LogP contribution in [0.5, 0.6) is 0 Å². The molecule has 3 rings (SSSR count). The number of thioether (sulfide) groups is 1. The number of carbonyl (C=O) groups excluding carboxylic acids is 2. The Balaban J connectivity index is 1.86. The molecule has 7 nitrogen and oxygen atoms in total. The van der Waals surface area contributed by atoms with Crippen molar-refractivity contribution >= 4 is 29.3 Å². The number of carbonyl (C=O) groups is 2. The van der Waals surface area contributed by atoms with E-state index < -0.39 is 0 Å². The van der Waals surface area contributed by atoms with Crippen LogP contribution in [-0.2, 0) is 11.3 Å². The Labute approximate surface area is 137 Å². The SMILES string of the molecule is Cc1ccc2c(c1)SCC(=O)N2Cc1noc(C(=O)N(C)C)n1. The van der Waals surface area contributed by atoms with Gasteiger partial charge in [0.15, 0.2) is 5.82 Å². The Kier molecular flexibility index (Phi) is 4.08. The third-order valence-corrected chi connectivity index (χ3v) is 4.44. The van der Waals surface area contributed by atoms with Crippen molar-refractivity contribution in [3.05, 3.63) is 35.5 Å². The van der Waals surface area contributed by atoms with Crippen molar-refractivity contribution < 1.29 is 14.1 Å². The summed E-state index contributed by atoms with van der Waals surface area (Å²) in [6.07, 6.45) is 0. The average Bonchev–Trinajstić information content (AvgIpc) is 2.97. The molecule has 1 aromatic carbocycles. The molecule has 0 bridgehead atoms. The van der Waals surface area contributed by atoms with Crippen LogP contribution in [0, 0.1) is 6.92 Å². The second-order valence-corrected chi connectivity index (χ2v) is 6.47. The number of hydrogen-bond acceptors (Lipinski definition) is 6. The van der Waals surface area contributed by atoms with Crippen LogP contribution in [0.3, 0.4) is 0 Å². The van der Waals surface area contributed by atoms with Crippen molar-refractivity contribution in [2.45, 2.75) is 18.4 Å². The third-order valence-electron chi connectivity index (χ3n) is 3.42. The monoisotopic (exact) mass is 332 g/mol. The first-order valence-corrected chi connectivity index (χ1v) is 8.02. The van der Waals surface area contributed by atoms with Gasteiger partial charge in [-0.15, -0.1) is 11.8 Å². The van der Waals surface area contributed by atoms with Gasteiger partial charge in [-0.3, -0.25) is 9.59 Å². The van der Waals surface area contributed by atoms with Gasteiger partial charge >= 0.3 is 11.8 Å². The number of benzene rings is 1. The Bertz CT molecular complexity index is 772. The summed E-state index contributed by atoms with van der Waals surface area (Å²) in [5.74, 6) is 0.226. The van der Waals surface area contributed by atoms with Crippen molar-refractivity contribution in [1.82, 2.24) is 15.0 Å². The minimum absolute atomic E-state index is 0.0170.